The molecule has 5 nitrogen and oxygen atoms in total. The molecule has 0 aliphatic carbocycles. The van der Waals surface area contributed by atoms with Crippen molar-refractivity contribution >= 4 is 36.4 Å². The lowest BCUT2D eigenvalue weighted by Crippen LogP contribution is -2.54. The van der Waals surface area contributed by atoms with E-state index in [2.05, 4.69) is 22.3 Å². The molecular weight excluding hydrogens is 373 g/mol. The van der Waals surface area contributed by atoms with Gasteiger partial charge in [-0.15, -0.1) is 24.8 Å². The number of nitrogens with two attached hydrogens (primary N) is 1. The van der Waals surface area contributed by atoms with Crippen LogP contribution in [0.1, 0.15) is 44.1 Å². The second-order valence-electron chi connectivity index (χ2n) is 7.11. The van der Waals surface area contributed by atoms with Gasteiger partial charge in [0.1, 0.15) is 5.54 Å². The van der Waals surface area contributed by atoms with E-state index in [1.165, 1.54) is 44.3 Å². The highest BCUT2D eigenvalue weighted by Gasteiger charge is 2.35. The highest BCUT2D eigenvalue weighted by molar-refractivity contribution is 5.98. The van der Waals surface area contributed by atoms with E-state index >= 15 is 0 Å². The second-order valence-corrected chi connectivity index (χ2v) is 7.11. The van der Waals surface area contributed by atoms with Crippen molar-refractivity contribution in [3.8, 4) is 0 Å². The van der Waals surface area contributed by atoms with Crippen molar-refractivity contribution in [2.24, 2.45) is 5.73 Å². The zero-order valence-electron chi connectivity index (χ0n) is 15.2. The molecule has 2 saturated heterocycles. The second kappa shape index (κ2) is 11.1. The van der Waals surface area contributed by atoms with E-state index in [-0.39, 0.29) is 30.7 Å². The van der Waals surface area contributed by atoms with Crippen molar-refractivity contribution in [3.63, 3.8) is 0 Å². The zero-order valence-corrected chi connectivity index (χ0v) is 16.9. The fourth-order valence-electron chi connectivity index (χ4n) is 3.46. The van der Waals surface area contributed by atoms with E-state index in [1.54, 1.807) is 0 Å². The first-order valence-electron chi connectivity index (χ1n) is 9.15. The van der Waals surface area contributed by atoms with Crippen molar-refractivity contribution in [3.05, 3.63) is 29.8 Å². The lowest BCUT2D eigenvalue weighted by Gasteiger charge is -2.31. The minimum absolute atomic E-state index is 0. The third-order valence-corrected chi connectivity index (χ3v) is 5.15. The standard InChI is InChI=1S/C19H29N3O2.2ClH/c20-19(9-13-24-14-10-19)18(23)21-17-7-5-16(6-8-17)15-22-11-3-1-2-4-12-22;;/h5-8H,1-4,9-15,20H2,(H,21,23);2*1H. The molecule has 0 atom stereocenters. The van der Waals surface area contributed by atoms with E-state index in [0.29, 0.717) is 26.1 Å². The Balaban J connectivity index is 0.00000169. The van der Waals surface area contributed by atoms with Gasteiger partial charge in [-0.05, 0) is 56.5 Å². The highest BCUT2D eigenvalue weighted by Crippen LogP contribution is 2.21. The fourth-order valence-corrected chi connectivity index (χ4v) is 3.46. The third-order valence-electron chi connectivity index (χ3n) is 5.15. The van der Waals surface area contributed by atoms with Gasteiger partial charge in [-0.3, -0.25) is 9.69 Å². The van der Waals surface area contributed by atoms with Crippen LogP contribution in [-0.2, 0) is 16.1 Å². The van der Waals surface area contributed by atoms with Crippen LogP contribution in [0.2, 0.25) is 0 Å². The number of hydrogen-bond acceptors (Lipinski definition) is 4. The van der Waals surface area contributed by atoms with Gasteiger partial charge in [0.25, 0.3) is 0 Å². The van der Waals surface area contributed by atoms with Gasteiger partial charge in [-0.25, -0.2) is 0 Å². The smallest absolute Gasteiger partial charge is 0.244 e. The SMILES string of the molecule is Cl.Cl.NC1(C(=O)Nc2ccc(CN3CCCCCC3)cc2)CCOCC1. The average molecular weight is 404 g/mol. The van der Waals surface area contributed by atoms with Gasteiger partial charge < -0.3 is 15.8 Å². The first kappa shape index (κ1) is 23.2. The van der Waals surface area contributed by atoms with Crippen molar-refractivity contribution in [2.45, 2.75) is 50.6 Å². The van der Waals surface area contributed by atoms with Crippen molar-refractivity contribution < 1.29 is 9.53 Å². The Morgan fingerprint density at radius 3 is 2.19 bits per heavy atom. The molecule has 7 heteroatoms. The molecule has 0 bridgehead atoms. The molecule has 1 aromatic carbocycles. The number of amides is 1. The number of carbonyl (C=O) groups is 1. The highest BCUT2D eigenvalue weighted by atomic mass is 35.5. The van der Waals surface area contributed by atoms with Crippen LogP contribution in [0.5, 0.6) is 0 Å². The van der Waals surface area contributed by atoms with E-state index < -0.39 is 5.54 Å². The van der Waals surface area contributed by atoms with E-state index in [0.717, 1.165) is 12.2 Å². The summed E-state index contributed by atoms with van der Waals surface area (Å²) in [6, 6.07) is 8.17. The van der Waals surface area contributed by atoms with E-state index in [4.69, 9.17) is 10.5 Å². The quantitative estimate of drug-likeness (QED) is 0.808. The molecule has 148 valence electrons. The lowest BCUT2D eigenvalue weighted by molar-refractivity contribution is -0.124. The largest absolute Gasteiger partial charge is 0.381 e. The zero-order chi connectivity index (χ0) is 16.8. The molecule has 0 radical (unpaired) electrons. The summed E-state index contributed by atoms with van der Waals surface area (Å²) in [5, 5.41) is 2.96. The molecule has 0 spiro atoms. The molecule has 0 aromatic heterocycles. The number of likely N-dealkylation sites (tertiary alicyclic amines) is 1. The number of anilines is 1. The van der Waals surface area contributed by atoms with Crippen molar-refractivity contribution in [2.75, 3.05) is 31.6 Å². The number of halogens is 2. The first-order valence-corrected chi connectivity index (χ1v) is 9.15. The molecule has 2 heterocycles. The summed E-state index contributed by atoms with van der Waals surface area (Å²) in [5.74, 6) is -0.105. The van der Waals surface area contributed by atoms with Gasteiger partial charge in [-0.2, -0.15) is 0 Å². The lowest BCUT2D eigenvalue weighted by atomic mass is 9.90. The predicted molar refractivity (Wildman–Crippen MR) is 110 cm³/mol. The Hall–Kier alpha value is -0.850. The monoisotopic (exact) mass is 403 g/mol. The van der Waals surface area contributed by atoms with Gasteiger partial charge in [0.05, 0.1) is 0 Å². The Kier molecular flexibility index (Phi) is 9.90. The Morgan fingerprint density at radius 1 is 1.04 bits per heavy atom. The molecule has 2 aliphatic rings. The van der Waals surface area contributed by atoms with Crippen LogP contribution in [0.3, 0.4) is 0 Å². The molecule has 26 heavy (non-hydrogen) atoms. The topological polar surface area (TPSA) is 67.6 Å². The molecule has 2 aliphatic heterocycles. The van der Waals surface area contributed by atoms with E-state index in [1.807, 2.05) is 12.1 Å². The number of nitrogens with zero attached hydrogens (tertiary/aromatic N) is 1. The summed E-state index contributed by atoms with van der Waals surface area (Å²) >= 11 is 0. The molecule has 0 saturated carbocycles. The Morgan fingerprint density at radius 2 is 1.62 bits per heavy atom. The van der Waals surface area contributed by atoms with Crippen LogP contribution in [-0.4, -0.2) is 42.6 Å². The molecule has 1 amide bonds. The summed E-state index contributed by atoms with van der Waals surface area (Å²) in [5.41, 5.74) is 7.53. The number of benzene rings is 1. The molecule has 3 N–H and O–H groups in total. The summed E-state index contributed by atoms with van der Waals surface area (Å²) in [4.78, 5) is 15.0. The first-order chi connectivity index (χ1) is 11.7. The molecule has 2 fully saturated rings. The molecule has 1 aromatic rings. The van der Waals surface area contributed by atoms with Crippen LogP contribution in [0.25, 0.3) is 0 Å². The fraction of sp³-hybridized carbons (Fsp3) is 0.632. The third kappa shape index (κ3) is 6.39. The summed E-state index contributed by atoms with van der Waals surface area (Å²) in [6.45, 7) is 4.48. The number of rotatable bonds is 4. The summed E-state index contributed by atoms with van der Waals surface area (Å²) in [6.07, 6.45) is 6.46. The van der Waals surface area contributed by atoms with Crippen LogP contribution in [0.15, 0.2) is 24.3 Å². The maximum atomic E-state index is 12.4. The number of carbonyl (C=O) groups excluding carboxylic acids is 1. The van der Waals surface area contributed by atoms with Crippen LogP contribution >= 0.6 is 24.8 Å². The maximum absolute atomic E-state index is 12.4. The summed E-state index contributed by atoms with van der Waals surface area (Å²) in [7, 11) is 0. The van der Waals surface area contributed by atoms with Gasteiger partial charge in [0.15, 0.2) is 0 Å². The van der Waals surface area contributed by atoms with Gasteiger partial charge in [0.2, 0.25) is 5.91 Å². The molecule has 3 rings (SSSR count). The molecular formula is C19H31Cl2N3O2. The van der Waals surface area contributed by atoms with Crippen LogP contribution in [0, 0.1) is 0 Å². The van der Waals surface area contributed by atoms with Crippen LogP contribution in [0.4, 0.5) is 5.69 Å². The number of ether oxygens (including phenoxy) is 1. The van der Waals surface area contributed by atoms with Crippen molar-refractivity contribution in [1.82, 2.24) is 4.90 Å². The average Bonchev–Trinajstić information content (AvgIpc) is 2.86. The predicted octanol–water partition coefficient (Wildman–Crippen LogP) is 3.35. The maximum Gasteiger partial charge on any atom is 0.244 e. The van der Waals surface area contributed by atoms with Gasteiger partial charge >= 0.3 is 0 Å². The van der Waals surface area contributed by atoms with Gasteiger partial charge in [0, 0.05) is 25.4 Å². The Bertz CT molecular complexity index is 540. The number of nitrogens with one attached hydrogen (secondary N) is 1. The number of hydrogen-bond donors (Lipinski definition) is 2. The van der Waals surface area contributed by atoms with Crippen molar-refractivity contribution in [1.29, 1.82) is 0 Å². The normalized spacial score (nSPS) is 20.2. The van der Waals surface area contributed by atoms with E-state index in [9.17, 15) is 4.79 Å². The minimum Gasteiger partial charge on any atom is -0.381 e. The minimum atomic E-state index is -0.803. The van der Waals surface area contributed by atoms with Crippen LogP contribution < -0.4 is 11.1 Å². The van der Waals surface area contributed by atoms with Gasteiger partial charge in [-0.1, -0.05) is 25.0 Å². The Labute approximate surface area is 168 Å². The molecule has 0 unspecified atom stereocenters. The summed E-state index contributed by atoms with van der Waals surface area (Å²) < 4.78 is 5.30.